The van der Waals surface area contributed by atoms with Crippen molar-refractivity contribution in [2.45, 2.75) is 64.4 Å². The molecule has 0 aromatic rings. The van der Waals surface area contributed by atoms with Gasteiger partial charge >= 0.3 is 0 Å². The van der Waals surface area contributed by atoms with Crippen LogP contribution in [0.15, 0.2) is 4.99 Å². The second-order valence-electron chi connectivity index (χ2n) is 7.32. The first kappa shape index (κ1) is 23.0. The van der Waals surface area contributed by atoms with Crippen LogP contribution < -0.4 is 10.6 Å². The molecule has 1 saturated heterocycles. The SMILES string of the molecule is CCCN1CCC(CNC(=NC)NCCOC2CCCCCC2)C1.I. The maximum absolute atomic E-state index is 6.02. The van der Waals surface area contributed by atoms with Gasteiger partial charge in [-0.1, -0.05) is 32.6 Å². The van der Waals surface area contributed by atoms with Crippen LogP contribution in [0.4, 0.5) is 0 Å². The lowest BCUT2D eigenvalue weighted by Crippen LogP contribution is -2.41. The molecule has 1 saturated carbocycles. The van der Waals surface area contributed by atoms with Crippen LogP contribution >= 0.6 is 24.0 Å². The highest BCUT2D eigenvalue weighted by atomic mass is 127. The van der Waals surface area contributed by atoms with E-state index >= 15 is 0 Å². The van der Waals surface area contributed by atoms with E-state index in [0.717, 1.165) is 31.6 Å². The fraction of sp³-hybridized carbons (Fsp3) is 0.947. The van der Waals surface area contributed by atoms with Crippen LogP contribution in [0.1, 0.15) is 58.3 Å². The molecule has 0 amide bonds. The number of likely N-dealkylation sites (tertiary alicyclic amines) is 1. The van der Waals surface area contributed by atoms with Crippen molar-refractivity contribution in [1.29, 1.82) is 0 Å². The number of aliphatic imine (C=N–C) groups is 1. The highest BCUT2D eigenvalue weighted by Gasteiger charge is 2.21. The normalized spacial score (nSPS) is 23.1. The summed E-state index contributed by atoms with van der Waals surface area (Å²) in [6, 6.07) is 0. The molecular weight excluding hydrogens is 427 g/mol. The summed E-state index contributed by atoms with van der Waals surface area (Å²) < 4.78 is 6.02. The fourth-order valence-electron chi connectivity index (χ4n) is 3.86. The molecule has 1 aliphatic carbocycles. The number of halogens is 1. The molecule has 5 nitrogen and oxygen atoms in total. The van der Waals surface area contributed by atoms with Crippen LogP contribution in [0.5, 0.6) is 0 Å². The first-order chi connectivity index (χ1) is 11.8. The lowest BCUT2D eigenvalue weighted by Gasteiger charge is -2.18. The Hall–Kier alpha value is -0.0800. The van der Waals surface area contributed by atoms with Crippen LogP contribution in [0, 0.1) is 5.92 Å². The van der Waals surface area contributed by atoms with E-state index in [9.17, 15) is 0 Å². The average molecular weight is 466 g/mol. The molecule has 1 heterocycles. The van der Waals surface area contributed by atoms with E-state index in [4.69, 9.17) is 4.74 Å². The van der Waals surface area contributed by atoms with Crippen molar-refractivity contribution in [1.82, 2.24) is 15.5 Å². The van der Waals surface area contributed by atoms with Gasteiger partial charge in [0.05, 0.1) is 12.7 Å². The predicted molar refractivity (Wildman–Crippen MR) is 117 cm³/mol. The Morgan fingerprint density at radius 2 is 1.88 bits per heavy atom. The van der Waals surface area contributed by atoms with Crippen LogP contribution in [-0.2, 0) is 4.74 Å². The molecule has 1 unspecified atom stereocenters. The third kappa shape index (κ3) is 9.43. The summed E-state index contributed by atoms with van der Waals surface area (Å²) in [5.41, 5.74) is 0. The third-order valence-corrected chi connectivity index (χ3v) is 5.24. The van der Waals surface area contributed by atoms with Gasteiger partial charge in [0.25, 0.3) is 0 Å². The van der Waals surface area contributed by atoms with Gasteiger partial charge in [-0.2, -0.15) is 0 Å². The van der Waals surface area contributed by atoms with Crippen molar-refractivity contribution in [2.75, 3.05) is 46.4 Å². The standard InChI is InChI=1S/C19H38N4O.HI/c1-3-12-23-13-10-17(16-23)15-22-19(20-2)21-11-14-24-18-8-6-4-5-7-9-18;/h17-18H,3-16H2,1-2H3,(H2,20,21,22);1H. The molecule has 0 radical (unpaired) electrons. The molecular formula is C19H39IN4O. The number of nitrogens with zero attached hydrogens (tertiary/aromatic N) is 2. The molecule has 2 aliphatic rings. The van der Waals surface area contributed by atoms with Gasteiger partial charge < -0.3 is 20.3 Å². The molecule has 0 spiro atoms. The maximum Gasteiger partial charge on any atom is 0.191 e. The summed E-state index contributed by atoms with van der Waals surface area (Å²) >= 11 is 0. The van der Waals surface area contributed by atoms with Gasteiger partial charge in [-0.3, -0.25) is 4.99 Å². The Labute approximate surface area is 171 Å². The first-order valence-electron chi connectivity index (χ1n) is 10.1. The van der Waals surface area contributed by atoms with Gasteiger partial charge in [-0.25, -0.2) is 0 Å². The number of hydrogen-bond donors (Lipinski definition) is 2. The van der Waals surface area contributed by atoms with E-state index in [2.05, 4.69) is 27.4 Å². The van der Waals surface area contributed by atoms with Gasteiger partial charge in [0.2, 0.25) is 0 Å². The second kappa shape index (κ2) is 14.0. The topological polar surface area (TPSA) is 48.9 Å². The van der Waals surface area contributed by atoms with Crippen LogP contribution in [0.2, 0.25) is 0 Å². The van der Waals surface area contributed by atoms with Gasteiger partial charge in [0.15, 0.2) is 5.96 Å². The number of ether oxygens (including phenoxy) is 1. The zero-order chi connectivity index (χ0) is 17.0. The Morgan fingerprint density at radius 3 is 2.56 bits per heavy atom. The Bertz CT molecular complexity index is 359. The Morgan fingerprint density at radius 1 is 1.12 bits per heavy atom. The van der Waals surface area contributed by atoms with Gasteiger partial charge in [-0.05, 0) is 44.7 Å². The van der Waals surface area contributed by atoms with E-state index in [1.165, 1.54) is 71.0 Å². The summed E-state index contributed by atoms with van der Waals surface area (Å²) in [5, 5.41) is 6.86. The van der Waals surface area contributed by atoms with Crippen molar-refractivity contribution in [3.05, 3.63) is 0 Å². The van der Waals surface area contributed by atoms with E-state index in [1.807, 2.05) is 7.05 Å². The van der Waals surface area contributed by atoms with Gasteiger partial charge in [0, 0.05) is 26.7 Å². The molecule has 6 heteroatoms. The lowest BCUT2D eigenvalue weighted by molar-refractivity contribution is 0.0468. The number of guanidine groups is 1. The molecule has 1 aliphatic heterocycles. The van der Waals surface area contributed by atoms with Crippen molar-refractivity contribution in [3.63, 3.8) is 0 Å². The van der Waals surface area contributed by atoms with Crippen molar-refractivity contribution < 1.29 is 4.74 Å². The third-order valence-electron chi connectivity index (χ3n) is 5.24. The number of rotatable bonds is 8. The minimum Gasteiger partial charge on any atom is -0.376 e. The zero-order valence-electron chi connectivity index (χ0n) is 16.3. The molecule has 2 rings (SSSR count). The monoisotopic (exact) mass is 466 g/mol. The Balaban J connectivity index is 0.00000312. The van der Waals surface area contributed by atoms with Gasteiger partial charge in [0.1, 0.15) is 0 Å². The summed E-state index contributed by atoms with van der Waals surface area (Å²) in [4.78, 5) is 6.90. The van der Waals surface area contributed by atoms with Crippen molar-refractivity contribution in [3.8, 4) is 0 Å². The molecule has 148 valence electrons. The molecule has 2 N–H and O–H groups in total. The molecule has 0 aromatic carbocycles. The van der Waals surface area contributed by atoms with Crippen LogP contribution in [0.3, 0.4) is 0 Å². The number of nitrogens with one attached hydrogen (secondary N) is 2. The van der Waals surface area contributed by atoms with E-state index in [-0.39, 0.29) is 24.0 Å². The molecule has 25 heavy (non-hydrogen) atoms. The van der Waals surface area contributed by atoms with Crippen LogP contribution in [0.25, 0.3) is 0 Å². The largest absolute Gasteiger partial charge is 0.376 e. The molecule has 2 fully saturated rings. The quantitative estimate of drug-likeness (QED) is 0.190. The zero-order valence-corrected chi connectivity index (χ0v) is 18.6. The summed E-state index contributed by atoms with van der Waals surface area (Å²) in [5.74, 6) is 1.66. The highest BCUT2D eigenvalue weighted by Crippen LogP contribution is 2.19. The summed E-state index contributed by atoms with van der Waals surface area (Å²) in [7, 11) is 1.85. The maximum atomic E-state index is 6.02. The van der Waals surface area contributed by atoms with Crippen molar-refractivity contribution in [2.24, 2.45) is 10.9 Å². The second-order valence-corrected chi connectivity index (χ2v) is 7.32. The molecule has 0 bridgehead atoms. The van der Waals surface area contributed by atoms with E-state index in [0.29, 0.717) is 6.10 Å². The van der Waals surface area contributed by atoms with Gasteiger partial charge in [-0.15, -0.1) is 24.0 Å². The minimum absolute atomic E-state index is 0. The lowest BCUT2D eigenvalue weighted by atomic mass is 10.1. The minimum atomic E-state index is 0. The smallest absolute Gasteiger partial charge is 0.191 e. The van der Waals surface area contributed by atoms with Crippen LogP contribution in [-0.4, -0.2) is 63.3 Å². The first-order valence-corrected chi connectivity index (χ1v) is 10.1. The summed E-state index contributed by atoms with van der Waals surface area (Å²) in [6.45, 7) is 8.60. The highest BCUT2D eigenvalue weighted by molar-refractivity contribution is 14.0. The number of hydrogen-bond acceptors (Lipinski definition) is 3. The molecule has 1 atom stereocenters. The Kier molecular flexibility index (Phi) is 12.9. The average Bonchev–Trinajstić information content (AvgIpc) is 2.88. The fourth-order valence-corrected chi connectivity index (χ4v) is 3.86. The summed E-state index contributed by atoms with van der Waals surface area (Å²) in [6.07, 6.45) is 10.9. The van der Waals surface area contributed by atoms with E-state index < -0.39 is 0 Å². The van der Waals surface area contributed by atoms with E-state index in [1.54, 1.807) is 0 Å². The predicted octanol–water partition coefficient (Wildman–Crippen LogP) is 3.24. The van der Waals surface area contributed by atoms with Crippen molar-refractivity contribution >= 4 is 29.9 Å². The molecule has 0 aromatic heterocycles.